The van der Waals surface area contributed by atoms with E-state index in [9.17, 15) is 4.79 Å². The molecule has 2 aromatic rings. The molecule has 1 heterocycles. The van der Waals surface area contributed by atoms with E-state index in [0.717, 1.165) is 23.9 Å². The number of hydrogen-bond acceptors (Lipinski definition) is 2. The Morgan fingerprint density at radius 2 is 1.83 bits per heavy atom. The normalized spacial score (nSPS) is 16.5. The van der Waals surface area contributed by atoms with Gasteiger partial charge in [0.1, 0.15) is 5.49 Å². The van der Waals surface area contributed by atoms with E-state index in [1.165, 1.54) is 19.3 Å². The number of aromatic nitrogens is 1. The standard InChI is InChI=1S/C19H21ClN2O/c20-17-11-5-4-8-15(17)14-19(23)22-13-7-6-12-18(22)21-16-9-2-1-3-10-16/h4-8,11-13,16H,1-3,9-10,14H2. The topological polar surface area (TPSA) is 34.4 Å². The van der Waals surface area contributed by atoms with Crippen molar-refractivity contribution >= 4 is 17.5 Å². The van der Waals surface area contributed by atoms with Crippen LogP contribution >= 0.6 is 11.6 Å². The lowest BCUT2D eigenvalue weighted by Gasteiger charge is -2.17. The van der Waals surface area contributed by atoms with Gasteiger partial charge in [0.2, 0.25) is 5.91 Å². The Hall–Kier alpha value is -1.87. The Morgan fingerprint density at radius 1 is 1.09 bits per heavy atom. The predicted octanol–water partition coefficient (Wildman–Crippen LogP) is 4.26. The van der Waals surface area contributed by atoms with Crippen molar-refractivity contribution in [3.63, 3.8) is 0 Å². The van der Waals surface area contributed by atoms with Crippen molar-refractivity contribution in [2.75, 3.05) is 0 Å². The second kappa shape index (κ2) is 7.60. The van der Waals surface area contributed by atoms with Crippen molar-refractivity contribution in [1.82, 2.24) is 4.57 Å². The fourth-order valence-corrected chi connectivity index (χ4v) is 3.24. The highest BCUT2D eigenvalue weighted by Gasteiger charge is 2.13. The monoisotopic (exact) mass is 328 g/mol. The molecule has 1 aliphatic rings. The minimum Gasteiger partial charge on any atom is -0.274 e. The number of halogens is 1. The maximum absolute atomic E-state index is 12.7. The van der Waals surface area contributed by atoms with Gasteiger partial charge in [-0.2, -0.15) is 0 Å². The molecule has 0 radical (unpaired) electrons. The molecule has 0 N–H and O–H groups in total. The van der Waals surface area contributed by atoms with E-state index in [1.54, 1.807) is 10.8 Å². The van der Waals surface area contributed by atoms with Gasteiger partial charge in [0.25, 0.3) is 0 Å². The number of pyridine rings is 1. The number of hydrogen-bond donors (Lipinski definition) is 0. The van der Waals surface area contributed by atoms with Crippen LogP contribution in [0.1, 0.15) is 42.5 Å². The SMILES string of the molecule is O=C(Cc1ccccc1Cl)n1ccccc1=NC1CCCCC1. The van der Waals surface area contributed by atoms with Gasteiger partial charge in [-0.3, -0.25) is 14.4 Å². The summed E-state index contributed by atoms with van der Waals surface area (Å²) in [5.41, 5.74) is 1.59. The van der Waals surface area contributed by atoms with Crippen LogP contribution in [0, 0.1) is 0 Å². The Morgan fingerprint density at radius 3 is 2.61 bits per heavy atom. The molecular weight excluding hydrogens is 308 g/mol. The number of carbonyl (C=O) groups is 1. The zero-order valence-corrected chi connectivity index (χ0v) is 13.9. The lowest BCUT2D eigenvalue weighted by atomic mass is 9.96. The van der Waals surface area contributed by atoms with Gasteiger partial charge in [-0.15, -0.1) is 0 Å². The Balaban J connectivity index is 1.86. The van der Waals surface area contributed by atoms with Crippen LogP contribution in [0.2, 0.25) is 5.02 Å². The van der Waals surface area contributed by atoms with Crippen molar-refractivity contribution in [2.24, 2.45) is 4.99 Å². The fourth-order valence-electron chi connectivity index (χ4n) is 3.04. The lowest BCUT2D eigenvalue weighted by molar-refractivity contribution is 0.0908. The van der Waals surface area contributed by atoms with Crippen LogP contribution in [0.15, 0.2) is 53.7 Å². The average molecular weight is 329 g/mol. The molecule has 0 atom stereocenters. The molecule has 0 aliphatic heterocycles. The first kappa shape index (κ1) is 16.0. The minimum absolute atomic E-state index is 0.00624. The second-order valence-electron chi connectivity index (χ2n) is 6.01. The van der Waals surface area contributed by atoms with Crippen LogP contribution in [0.25, 0.3) is 0 Å². The van der Waals surface area contributed by atoms with Crippen LogP contribution < -0.4 is 5.49 Å². The molecule has 0 saturated heterocycles. The maximum atomic E-state index is 12.7. The molecule has 0 spiro atoms. The van der Waals surface area contributed by atoms with E-state index in [2.05, 4.69) is 0 Å². The Bertz CT molecular complexity index is 745. The van der Waals surface area contributed by atoms with Crippen molar-refractivity contribution in [3.8, 4) is 0 Å². The van der Waals surface area contributed by atoms with E-state index >= 15 is 0 Å². The summed E-state index contributed by atoms with van der Waals surface area (Å²) in [6.07, 6.45) is 8.07. The molecule has 3 nitrogen and oxygen atoms in total. The molecule has 0 amide bonds. The maximum Gasteiger partial charge on any atom is 0.236 e. The zero-order valence-electron chi connectivity index (χ0n) is 13.1. The fraction of sp³-hybridized carbons (Fsp3) is 0.368. The predicted molar refractivity (Wildman–Crippen MR) is 92.7 cm³/mol. The Kier molecular flexibility index (Phi) is 5.29. The molecule has 4 heteroatoms. The number of carbonyl (C=O) groups excluding carboxylic acids is 1. The van der Waals surface area contributed by atoms with Crippen molar-refractivity contribution in [3.05, 3.63) is 64.7 Å². The quantitative estimate of drug-likeness (QED) is 0.829. The first-order valence-corrected chi connectivity index (χ1v) is 8.60. The number of rotatable bonds is 3. The van der Waals surface area contributed by atoms with Gasteiger partial charge >= 0.3 is 0 Å². The summed E-state index contributed by atoms with van der Waals surface area (Å²) in [5, 5.41) is 0.628. The molecular formula is C19H21ClN2O. The molecule has 23 heavy (non-hydrogen) atoms. The molecule has 1 aromatic carbocycles. The summed E-state index contributed by atoms with van der Waals surface area (Å²) in [7, 11) is 0. The third kappa shape index (κ3) is 4.11. The smallest absolute Gasteiger partial charge is 0.236 e. The summed E-state index contributed by atoms with van der Waals surface area (Å²) >= 11 is 6.17. The highest BCUT2D eigenvalue weighted by atomic mass is 35.5. The van der Waals surface area contributed by atoms with Crippen LogP contribution in [0.5, 0.6) is 0 Å². The van der Waals surface area contributed by atoms with Gasteiger partial charge in [0, 0.05) is 11.2 Å². The van der Waals surface area contributed by atoms with Gasteiger partial charge in [-0.05, 0) is 36.6 Å². The molecule has 0 bridgehead atoms. The summed E-state index contributed by atoms with van der Waals surface area (Å²) in [6.45, 7) is 0. The molecule has 1 saturated carbocycles. The Labute approximate surface area is 141 Å². The molecule has 0 unspecified atom stereocenters. The van der Waals surface area contributed by atoms with E-state index in [-0.39, 0.29) is 12.3 Å². The van der Waals surface area contributed by atoms with Crippen molar-refractivity contribution < 1.29 is 4.79 Å². The van der Waals surface area contributed by atoms with Gasteiger partial charge in [-0.1, -0.05) is 55.1 Å². The van der Waals surface area contributed by atoms with Crippen molar-refractivity contribution in [1.29, 1.82) is 0 Å². The van der Waals surface area contributed by atoms with Gasteiger partial charge in [0.05, 0.1) is 12.5 Å². The van der Waals surface area contributed by atoms with Crippen molar-refractivity contribution in [2.45, 2.75) is 44.6 Å². The summed E-state index contributed by atoms with van der Waals surface area (Å²) in [6, 6.07) is 13.5. The van der Waals surface area contributed by atoms with Crippen LogP contribution in [0.3, 0.4) is 0 Å². The minimum atomic E-state index is -0.00624. The molecule has 1 aromatic heterocycles. The summed E-state index contributed by atoms with van der Waals surface area (Å²) in [5.74, 6) is -0.00624. The van der Waals surface area contributed by atoms with Crippen LogP contribution in [0.4, 0.5) is 0 Å². The highest BCUT2D eigenvalue weighted by Crippen LogP contribution is 2.19. The van der Waals surface area contributed by atoms with Gasteiger partial charge in [-0.25, -0.2) is 0 Å². The van der Waals surface area contributed by atoms with Crippen LogP contribution in [-0.4, -0.2) is 16.5 Å². The van der Waals surface area contributed by atoms with Gasteiger partial charge in [0.15, 0.2) is 0 Å². The third-order valence-electron chi connectivity index (χ3n) is 4.30. The zero-order chi connectivity index (χ0) is 16.1. The lowest BCUT2D eigenvalue weighted by Crippen LogP contribution is -2.29. The summed E-state index contributed by atoms with van der Waals surface area (Å²) < 4.78 is 1.65. The molecule has 1 aliphatic carbocycles. The first-order valence-electron chi connectivity index (χ1n) is 8.22. The molecule has 120 valence electrons. The average Bonchev–Trinajstić information content (AvgIpc) is 2.58. The van der Waals surface area contributed by atoms with E-state index in [1.807, 2.05) is 42.5 Å². The van der Waals surface area contributed by atoms with Crippen LogP contribution in [-0.2, 0) is 6.42 Å². The number of nitrogens with zero attached hydrogens (tertiary/aromatic N) is 2. The summed E-state index contributed by atoms with van der Waals surface area (Å²) in [4.78, 5) is 17.5. The first-order chi connectivity index (χ1) is 11.2. The highest BCUT2D eigenvalue weighted by molar-refractivity contribution is 6.31. The second-order valence-corrected chi connectivity index (χ2v) is 6.42. The third-order valence-corrected chi connectivity index (χ3v) is 4.66. The van der Waals surface area contributed by atoms with E-state index in [4.69, 9.17) is 16.6 Å². The largest absolute Gasteiger partial charge is 0.274 e. The number of benzene rings is 1. The van der Waals surface area contributed by atoms with E-state index in [0.29, 0.717) is 11.1 Å². The van der Waals surface area contributed by atoms with Gasteiger partial charge < -0.3 is 0 Å². The molecule has 1 fully saturated rings. The van der Waals surface area contributed by atoms with E-state index < -0.39 is 0 Å². The molecule has 3 rings (SSSR count).